The standard InChI is InChI=1S/C12H15N3O4S/c1-5-2-13-10-6(5)3-15(12(20)14-10)11-9(18)8(17)7(4-16)19-11/h2-3,7-9,11,16-18H,4H2,1H3,(H,13,14,20)/t7-,8?,9+,11-/m1/s1. The van der Waals surface area contributed by atoms with Gasteiger partial charge in [0.15, 0.2) is 6.23 Å². The van der Waals surface area contributed by atoms with Crippen molar-refractivity contribution in [2.24, 2.45) is 0 Å². The molecule has 0 bridgehead atoms. The summed E-state index contributed by atoms with van der Waals surface area (Å²) in [6, 6.07) is 0. The van der Waals surface area contributed by atoms with Gasteiger partial charge in [-0.3, -0.25) is 4.57 Å². The maximum absolute atomic E-state index is 10.0. The van der Waals surface area contributed by atoms with Crippen LogP contribution in [0.1, 0.15) is 11.8 Å². The summed E-state index contributed by atoms with van der Waals surface area (Å²) in [7, 11) is 0. The second-order valence-electron chi connectivity index (χ2n) is 4.89. The van der Waals surface area contributed by atoms with Gasteiger partial charge < -0.3 is 25.0 Å². The number of nitrogens with one attached hydrogen (secondary N) is 1. The predicted molar refractivity (Wildman–Crippen MR) is 72.7 cm³/mol. The Morgan fingerprint density at radius 1 is 1.45 bits per heavy atom. The van der Waals surface area contributed by atoms with Crippen LogP contribution in [-0.4, -0.2) is 54.8 Å². The van der Waals surface area contributed by atoms with Crippen molar-refractivity contribution in [2.75, 3.05) is 6.61 Å². The number of aryl methyl sites for hydroxylation is 1. The second-order valence-corrected chi connectivity index (χ2v) is 5.26. The number of nitrogens with zero attached hydrogens (tertiary/aromatic N) is 2. The van der Waals surface area contributed by atoms with Gasteiger partial charge in [0, 0.05) is 17.8 Å². The Labute approximate surface area is 119 Å². The van der Waals surface area contributed by atoms with Gasteiger partial charge in [-0.15, -0.1) is 0 Å². The minimum atomic E-state index is -1.17. The van der Waals surface area contributed by atoms with Gasteiger partial charge in [-0.25, -0.2) is 4.98 Å². The maximum Gasteiger partial charge on any atom is 0.203 e. The van der Waals surface area contributed by atoms with Crippen molar-refractivity contribution < 1.29 is 20.1 Å². The first-order valence-electron chi connectivity index (χ1n) is 6.22. The van der Waals surface area contributed by atoms with E-state index in [9.17, 15) is 10.2 Å². The fraction of sp³-hybridized carbons (Fsp3) is 0.500. The number of ether oxygens (including phenoxy) is 1. The van der Waals surface area contributed by atoms with Crippen molar-refractivity contribution in [3.05, 3.63) is 22.7 Å². The Balaban J connectivity index is 2.08. The summed E-state index contributed by atoms with van der Waals surface area (Å²) >= 11 is 5.19. The van der Waals surface area contributed by atoms with Gasteiger partial charge in [-0.2, -0.15) is 0 Å². The molecule has 2 aromatic heterocycles. The first-order chi connectivity index (χ1) is 9.52. The molecule has 0 aliphatic carbocycles. The predicted octanol–water partition coefficient (Wildman–Crippen LogP) is 0.0138. The SMILES string of the molecule is Cc1c[nH]c2nc(=S)n([C@@H]3O[C@H](CO)C(O)[C@@H]3O)cc12. The molecule has 108 valence electrons. The van der Waals surface area contributed by atoms with Gasteiger partial charge in [0.2, 0.25) is 4.77 Å². The molecule has 0 aromatic carbocycles. The highest BCUT2D eigenvalue weighted by Crippen LogP contribution is 2.30. The molecule has 1 aliphatic rings. The molecule has 0 saturated carbocycles. The highest BCUT2D eigenvalue weighted by atomic mass is 32.1. The maximum atomic E-state index is 10.0. The molecule has 4 N–H and O–H groups in total. The number of aliphatic hydroxyl groups excluding tert-OH is 3. The summed E-state index contributed by atoms with van der Waals surface area (Å²) in [4.78, 5) is 7.24. The Hall–Kier alpha value is -1.32. The zero-order valence-electron chi connectivity index (χ0n) is 10.7. The van der Waals surface area contributed by atoms with Crippen LogP contribution in [-0.2, 0) is 4.74 Å². The lowest BCUT2D eigenvalue weighted by Crippen LogP contribution is -2.33. The number of fused-ring (bicyclic) bond motifs is 1. The lowest BCUT2D eigenvalue weighted by molar-refractivity contribution is -0.0538. The van der Waals surface area contributed by atoms with Crippen LogP contribution in [0.25, 0.3) is 11.0 Å². The second kappa shape index (κ2) is 4.90. The summed E-state index contributed by atoms with van der Waals surface area (Å²) in [5, 5.41) is 29.8. The van der Waals surface area contributed by atoms with E-state index in [1.807, 2.05) is 13.1 Å². The van der Waals surface area contributed by atoms with Crippen LogP contribution in [0.2, 0.25) is 0 Å². The number of rotatable bonds is 2. The molecule has 1 saturated heterocycles. The van der Waals surface area contributed by atoms with Gasteiger partial charge in [-0.05, 0) is 24.7 Å². The first-order valence-corrected chi connectivity index (χ1v) is 6.63. The third-order valence-electron chi connectivity index (χ3n) is 3.59. The molecule has 1 fully saturated rings. The smallest absolute Gasteiger partial charge is 0.203 e. The van der Waals surface area contributed by atoms with Crippen LogP contribution >= 0.6 is 12.2 Å². The number of aliphatic hydroxyl groups is 3. The molecule has 0 radical (unpaired) electrons. The normalized spacial score (nSPS) is 30.2. The summed E-state index contributed by atoms with van der Waals surface area (Å²) in [6.45, 7) is 1.55. The number of aromatic nitrogens is 3. The topological polar surface area (TPSA) is 104 Å². The molecule has 8 heteroatoms. The third kappa shape index (κ3) is 1.97. The monoisotopic (exact) mass is 297 g/mol. The van der Waals surface area contributed by atoms with Crippen LogP contribution in [0.15, 0.2) is 12.4 Å². The molecule has 1 aliphatic heterocycles. The zero-order chi connectivity index (χ0) is 14.4. The van der Waals surface area contributed by atoms with Crippen molar-refractivity contribution >= 4 is 23.3 Å². The molecule has 2 aromatic rings. The fourth-order valence-electron chi connectivity index (χ4n) is 2.41. The molecule has 3 rings (SSSR count). The van der Waals surface area contributed by atoms with Crippen molar-refractivity contribution in [3.8, 4) is 0 Å². The average Bonchev–Trinajstić information content (AvgIpc) is 2.92. The summed E-state index contributed by atoms with van der Waals surface area (Å²) in [6.07, 6.45) is -0.474. The largest absolute Gasteiger partial charge is 0.394 e. The summed E-state index contributed by atoms with van der Waals surface area (Å²) in [5.74, 6) is 0. The van der Waals surface area contributed by atoms with E-state index in [-0.39, 0.29) is 11.4 Å². The van der Waals surface area contributed by atoms with Gasteiger partial charge >= 0.3 is 0 Å². The Kier molecular flexibility index (Phi) is 3.35. The van der Waals surface area contributed by atoms with Crippen LogP contribution in [0.3, 0.4) is 0 Å². The molecule has 4 atom stereocenters. The molecule has 0 amide bonds. The van der Waals surface area contributed by atoms with E-state index in [4.69, 9.17) is 22.1 Å². The molecule has 3 heterocycles. The van der Waals surface area contributed by atoms with E-state index in [0.717, 1.165) is 10.9 Å². The number of H-pyrrole nitrogens is 1. The highest BCUT2D eigenvalue weighted by molar-refractivity contribution is 7.71. The lowest BCUT2D eigenvalue weighted by Gasteiger charge is -2.18. The van der Waals surface area contributed by atoms with Crippen molar-refractivity contribution in [1.82, 2.24) is 14.5 Å². The minimum Gasteiger partial charge on any atom is -0.394 e. The first kappa shape index (κ1) is 13.7. The number of aromatic amines is 1. The minimum absolute atomic E-state index is 0.231. The van der Waals surface area contributed by atoms with Gasteiger partial charge in [0.05, 0.1) is 6.61 Å². The van der Waals surface area contributed by atoms with Crippen LogP contribution in [0.5, 0.6) is 0 Å². The van der Waals surface area contributed by atoms with E-state index in [2.05, 4.69) is 9.97 Å². The fourth-order valence-corrected chi connectivity index (χ4v) is 2.66. The molecular weight excluding hydrogens is 282 g/mol. The highest BCUT2D eigenvalue weighted by Gasteiger charge is 2.43. The lowest BCUT2D eigenvalue weighted by atomic mass is 10.1. The third-order valence-corrected chi connectivity index (χ3v) is 3.90. The van der Waals surface area contributed by atoms with Crippen LogP contribution in [0, 0.1) is 11.7 Å². The van der Waals surface area contributed by atoms with E-state index in [0.29, 0.717) is 5.65 Å². The summed E-state index contributed by atoms with van der Waals surface area (Å²) < 4.78 is 7.20. The van der Waals surface area contributed by atoms with E-state index >= 15 is 0 Å². The van der Waals surface area contributed by atoms with E-state index in [1.165, 1.54) is 4.57 Å². The number of hydrogen-bond donors (Lipinski definition) is 4. The van der Waals surface area contributed by atoms with Crippen molar-refractivity contribution in [1.29, 1.82) is 0 Å². The Bertz CT molecular complexity index is 698. The average molecular weight is 297 g/mol. The van der Waals surface area contributed by atoms with E-state index < -0.39 is 24.5 Å². The molecule has 7 nitrogen and oxygen atoms in total. The van der Waals surface area contributed by atoms with Gasteiger partial charge in [-0.1, -0.05) is 0 Å². The van der Waals surface area contributed by atoms with Crippen LogP contribution < -0.4 is 0 Å². The number of hydrogen-bond acceptors (Lipinski definition) is 6. The van der Waals surface area contributed by atoms with Crippen molar-refractivity contribution in [2.45, 2.75) is 31.5 Å². The quantitative estimate of drug-likeness (QED) is 0.582. The Morgan fingerprint density at radius 2 is 2.20 bits per heavy atom. The van der Waals surface area contributed by atoms with Gasteiger partial charge in [0.1, 0.15) is 24.0 Å². The molecule has 0 spiro atoms. The van der Waals surface area contributed by atoms with E-state index in [1.54, 1.807) is 6.20 Å². The summed E-state index contributed by atoms with van der Waals surface area (Å²) in [5.41, 5.74) is 1.65. The van der Waals surface area contributed by atoms with Crippen LogP contribution in [0.4, 0.5) is 0 Å². The molecular formula is C12H15N3O4S. The Morgan fingerprint density at radius 3 is 2.85 bits per heavy atom. The zero-order valence-corrected chi connectivity index (χ0v) is 11.5. The molecule has 20 heavy (non-hydrogen) atoms. The molecule has 1 unspecified atom stereocenters. The van der Waals surface area contributed by atoms with Gasteiger partial charge in [0.25, 0.3) is 0 Å². The van der Waals surface area contributed by atoms with Crippen molar-refractivity contribution in [3.63, 3.8) is 0 Å².